The highest BCUT2D eigenvalue weighted by Crippen LogP contribution is 2.34. The molecular formula is C12H23NO3S. The molecule has 5 heteroatoms. The largest absolute Gasteiger partial charge is 0.302 e. The lowest BCUT2D eigenvalue weighted by Crippen LogP contribution is -2.35. The first-order chi connectivity index (χ1) is 8.07. The number of rotatable bonds is 6. The van der Waals surface area contributed by atoms with Crippen LogP contribution in [0.25, 0.3) is 0 Å². The highest BCUT2D eigenvalue weighted by molar-refractivity contribution is 7.86. The topological polar surface area (TPSA) is 46.6 Å². The summed E-state index contributed by atoms with van der Waals surface area (Å²) in [5.74, 6) is 0.615. The van der Waals surface area contributed by atoms with Gasteiger partial charge in [-0.1, -0.05) is 6.42 Å². The summed E-state index contributed by atoms with van der Waals surface area (Å²) in [4.78, 5) is 2.23. The van der Waals surface area contributed by atoms with E-state index in [1.165, 1.54) is 19.3 Å². The van der Waals surface area contributed by atoms with Crippen LogP contribution in [0.4, 0.5) is 0 Å². The summed E-state index contributed by atoms with van der Waals surface area (Å²) in [7, 11) is -3.33. The lowest BCUT2D eigenvalue weighted by molar-refractivity contribution is 0.199. The van der Waals surface area contributed by atoms with Crippen LogP contribution in [0.5, 0.6) is 0 Å². The molecular weight excluding hydrogens is 238 g/mol. The molecule has 0 aromatic heterocycles. The fourth-order valence-electron chi connectivity index (χ4n) is 2.35. The smallest absolute Gasteiger partial charge is 0.268 e. The molecule has 0 spiro atoms. The number of hydrogen-bond donors (Lipinski definition) is 0. The van der Waals surface area contributed by atoms with Crippen molar-refractivity contribution in [2.75, 3.05) is 25.4 Å². The van der Waals surface area contributed by atoms with Crippen molar-refractivity contribution in [1.29, 1.82) is 0 Å². The molecule has 2 aliphatic rings. The van der Waals surface area contributed by atoms with E-state index < -0.39 is 10.1 Å². The van der Waals surface area contributed by atoms with Crippen LogP contribution < -0.4 is 0 Å². The fraction of sp³-hybridized carbons (Fsp3) is 1.00. The molecule has 100 valence electrons. The Morgan fingerprint density at radius 2 is 1.88 bits per heavy atom. The van der Waals surface area contributed by atoms with Crippen molar-refractivity contribution >= 4 is 10.1 Å². The Morgan fingerprint density at radius 1 is 1.24 bits per heavy atom. The van der Waals surface area contributed by atoms with Gasteiger partial charge >= 0.3 is 0 Å². The lowest BCUT2D eigenvalue weighted by Gasteiger charge is -2.26. The first-order valence-corrected chi connectivity index (χ1v) is 8.28. The zero-order chi connectivity index (χ0) is 12.3. The molecule has 0 N–H and O–H groups in total. The Balaban J connectivity index is 1.72. The van der Waals surface area contributed by atoms with E-state index in [1.54, 1.807) is 0 Å². The minimum atomic E-state index is -3.33. The lowest BCUT2D eigenvalue weighted by atomic mass is 10.1. The molecule has 0 bridgehead atoms. The summed E-state index contributed by atoms with van der Waals surface area (Å²) in [6, 6.07) is 0. The Kier molecular flexibility index (Phi) is 4.44. The molecule has 1 aliphatic carbocycles. The summed E-state index contributed by atoms with van der Waals surface area (Å²) in [5, 5.41) is 0. The van der Waals surface area contributed by atoms with Crippen LogP contribution in [-0.2, 0) is 14.3 Å². The van der Waals surface area contributed by atoms with Gasteiger partial charge in [0.2, 0.25) is 0 Å². The van der Waals surface area contributed by atoms with Gasteiger partial charge in [-0.05, 0) is 51.6 Å². The highest BCUT2D eigenvalue weighted by atomic mass is 32.2. The van der Waals surface area contributed by atoms with Gasteiger partial charge in [-0.3, -0.25) is 4.18 Å². The van der Waals surface area contributed by atoms with Gasteiger partial charge in [0.1, 0.15) is 0 Å². The van der Waals surface area contributed by atoms with Gasteiger partial charge in [-0.25, -0.2) is 0 Å². The minimum absolute atomic E-state index is 0.124. The molecule has 0 amide bonds. The van der Waals surface area contributed by atoms with E-state index >= 15 is 0 Å². The van der Waals surface area contributed by atoms with Crippen molar-refractivity contribution in [3.63, 3.8) is 0 Å². The molecule has 17 heavy (non-hydrogen) atoms. The molecule has 1 unspecified atom stereocenters. The Hall–Kier alpha value is -0.130. The van der Waals surface area contributed by atoms with Crippen LogP contribution in [0.2, 0.25) is 0 Å². The molecule has 1 atom stereocenters. The number of likely N-dealkylation sites (tertiary alicyclic amines) is 1. The summed E-state index contributed by atoms with van der Waals surface area (Å²) < 4.78 is 28.7. The first kappa shape index (κ1) is 13.3. The second-order valence-electron chi connectivity index (χ2n) is 5.30. The van der Waals surface area contributed by atoms with E-state index in [0.717, 1.165) is 25.9 Å². The van der Waals surface area contributed by atoms with Crippen molar-refractivity contribution in [3.8, 4) is 0 Å². The van der Waals surface area contributed by atoms with Gasteiger partial charge in [0.05, 0.1) is 11.9 Å². The van der Waals surface area contributed by atoms with E-state index in [0.29, 0.717) is 12.5 Å². The quantitative estimate of drug-likeness (QED) is 0.682. The summed E-state index contributed by atoms with van der Waals surface area (Å²) in [6.07, 6.45) is 5.77. The molecule has 0 aromatic carbocycles. The number of hydrogen-bond acceptors (Lipinski definition) is 4. The molecule has 2 rings (SSSR count). The van der Waals surface area contributed by atoms with Gasteiger partial charge in [-0.15, -0.1) is 0 Å². The zero-order valence-electron chi connectivity index (χ0n) is 10.6. The van der Waals surface area contributed by atoms with E-state index in [2.05, 4.69) is 4.90 Å². The van der Waals surface area contributed by atoms with E-state index in [9.17, 15) is 8.42 Å². The second-order valence-corrected chi connectivity index (χ2v) is 7.02. The van der Waals surface area contributed by atoms with Crippen molar-refractivity contribution in [2.24, 2.45) is 5.92 Å². The average molecular weight is 261 g/mol. The van der Waals surface area contributed by atoms with E-state index in [1.807, 2.05) is 6.92 Å². The maximum Gasteiger partial charge on any atom is 0.268 e. The van der Waals surface area contributed by atoms with Crippen molar-refractivity contribution in [2.45, 2.75) is 45.1 Å². The monoisotopic (exact) mass is 261 g/mol. The summed E-state index contributed by atoms with van der Waals surface area (Å²) >= 11 is 0. The zero-order valence-corrected chi connectivity index (χ0v) is 11.4. The Bertz CT molecular complexity index is 332. The van der Waals surface area contributed by atoms with Gasteiger partial charge in [-0.2, -0.15) is 8.42 Å². The van der Waals surface area contributed by atoms with Gasteiger partial charge in [0, 0.05) is 6.54 Å². The summed E-state index contributed by atoms with van der Waals surface area (Å²) in [5.41, 5.74) is 0. The maximum atomic E-state index is 11.8. The molecule has 1 heterocycles. The van der Waals surface area contributed by atoms with Crippen LogP contribution in [0, 0.1) is 5.92 Å². The van der Waals surface area contributed by atoms with E-state index in [-0.39, 0.29) is 11.9 Å². The molecule has 0 radical (unpaired) electrons. The fourth-order valence-corrected chi connectivity index (χ4v) is 3.55. The van der Waals surface area contributed by atoms with Crippen LogP contribution in [0.15, 0.2) is 0 Å². The normalized spacial score (nSPS) is 24.8. The molecule has 1 saturated heterocycles. The molecule has 1 aliphatic heterocycles. The molecule has 1 saturated carbocycles. The first-order valence-electron chi connectivity index (χ1n) is 6.70. The Labute approximate surface area is 104 Å². The van der Waals surface area contributed by atoms with Crippen molar-refractivity contribution in [1.82, 2.24) is 4.90 Å². The maximum absolute atomic E-state index is 11.8. The standard InChI is InChI=1S/C12H23NO3S/c1-11(12-5-6-12)16-17(14,15)10-9-13-7-3-2-4-8-13/h11-12H,2-10H2,1H3. The van der Waals surface area contributed by atoms with Crippen molar-refractivity contribution in [3.05, 3.63) is 0 Å². The predicted octanol–water partition coefficient (Wildman–Crippen LogP) is 1.62. The Morgan fingerprint density at radius 3 is 2.47 bits per heavy atom. The van der Waals surface area contributed by atoms with Crippen LogP contribution in [0.3, 0.4) is 0 Å². The van der Waals surface area contributed by atoms with Crippen LogP contribution in [-0.4, -0.2) is 44.8 Å². The third kappa shape index (κ3) is 4.56. The number of nitrogens with zero attached hydrogens (tertiary/aromatic N) is 1. The highest BCUT2D eigenvalue weighted by Gasteiger charge is 2.32. The molecule has 0 aromatic rings. The van der Waals surface area contributed by atoms with Crippen LogP contribution >= 0.6 is 0 Å². The molecule has 2 fully saturated rings. The van der Waals surface area contributed by atoms with Crippen LogP contribution in [0.1, 0.15) is 39.0 Å². The minimum Gasteiger partial charge on any atom is -0.302 e. The van der Waals surface area contributed by atoms with Gasteiger partial charge in [0.15, 0.2) is 0 Å². The molecule has 4 nitrogen and oxygen atoms in total. The van der Waals surface area contributed by atoms with Crippen molar-refractivity contribution < 1.29 is 12.6 Å². The van der Waals surface area contributed by atoms with E-state index in [4.69, 9.17) is 4.18 Å². The average Bonchev–Trinajstić information content (AvgIpc) is 3.11. The second kappa shape index (κ2) is 5.67. The predicted molar refractivity (Wildman–Crippen MR) is 67.3 cm³/mol. The number of piperidine rings is 1. The van der Waals surface area contributed by atoms with Gasteiger partial charge in [0.25, 0.3) is 10.1 Å². The third-order valence-corrected chi connectivity index (χ3v) is 4.97. The third-order valence-electron chi connectivity index (χ3n) is 3.69. The van der Waals surface area contributed by atoms with Gasteiger partial charge < -0.3 is 4.90 Å². The SMILES string of the molecule is CC(OS(=O)(=O)CCN1CCCCC1)C1CC1. The summed E-state index contributed by atoms with van der Waals surface area (Å²) in [6.45, 7) is 4.57.